The number of nitrogens with zero attached hydrogens (tertiary/aromatic N) is 1. The minimum atomic E-state index is -0.311. The molecule has 0 unspecified atom stereocenters. The van der Waals surface area contributed by atoms with E-state index in [0.717, 1.165) is 5.56 Å². The highest BCUT2D eigenvalue weighted by atomic mass is 35.5. The molecule has 120 valence electrons. The van der Waals surface area contributed by atoms with Crippen LogP contribution in [0.15, 0.2) is 48.7 Å². The molecule has 6 heteroatoms. The Morgan fingerprint density at radius 1 is 1.13 bits per heavy atom. The summed E-state index contributed by atoms with van der Waals surface area (Å²) in [6, 6.07) is 12.3. The van der Waals surface area contributed by atoms with Crippen molar-refractivity contribution in [3.8, 4) is 0 Å². The topological polar surface area (TPSA) is 68.3 Å². The molecule has 2 rings (SSSR count). The van der Waals surface area contributed by atoms with Gasteiger partial charge in [0, 0.05) is 30.3 Å². The predicted octanol–water partition coefficient (Wildman–Crippen LogP) is 2.99. The smallest absolute Gasteiger partial charge is 0.306 e. The predicted molar refractivity (Wildman–Crippen MR) is 87.1 cm³/mol. The lowest BCUT2D eigenvalue weighted by Gasteiger charge is -2.06. The molecule has 0 fully saturated rings. The number of hydrogen-bond donors (Lipinski definition) is 1. The van der Waals surface area contributed by atoms with E-state index in [9.17, 15) is 9.59 Å². The summed E-state index contributed by atoms with van der Waals surface area (Å²) in [4.78, 5) is 27.3. The fourth-order valence-electron chi connectivity index (χ4n) is 1.85. The average Bonchev–Trinajstić information content (AvgIpc) is 2.59. The van der Waals surface area contributed by atoms with Crippen LogP contribution >= 0.6 is 11.6 Å². The monoisotopic (exact) mass is 332 g/mol. The summed E-state index contributed by atoms with van der Waals surface area (Å²) < 4.78 is 5.12. The Morgan fingerprint density at radius 3 is 2.61 bits per heavy atom. The van der Waals surface area contributed by atoms with Gasteiger partial charge in [-0.15, -0.1) is 0 Å². The first-order valence-electron chi connectivity index (χ1n) is 7.24. The van der Waals surface area contributed by atoms with Crippen LogP contribution in [0.3, 0.4) is 0 Å². The Bertz CT molecular complexity index is 645. The number of hydrogen-bond acceptors (Lipinski definition) is 4. The summed E-state index contributed by atoms with van der Waals surface area (Å²) in [5.74, 6) is -0.458. The molecule has 5 nitrogen and oxygen atoms in total. The van der Waals surface area contributed by atoms with Crippen LogP contribution < -0.4 is 5.32 Å². The first-order chi connectivity index (χ1) is 11.1. The van der Waals surface area contributed by atoms with Crippen molar-refractivity contribution in [2.24, 2.45) is 0 Å². The molecule has 1 heterocycles. The van der Waals surface area contributed by atoms with Gasteiger partial charge in [-0.25, -0.2) is 4.98 Å². The fraction of sp³-hybridized carbons (Fsp3) is 0.235. The normalized spacial score (nSPS) is 10.1. The maximum absolute atomic E-state index is 11.8. The molecule has 1 aromatic carbocycles. The van der Waals surface area contributed by atoms with Crippen molar-refractivity contribution < 1.29 is 14.3 Å². The zero-order valence-electron chi connectivity index (χ0n) is 12.5. The molecule has 2 aromatic rings. The minimum absolute atomic E-state index is 0.147. The lowest BCUT2D eigenvalue weighted by Crippen LogP contribution is -2.24. The lowest BCUT2D eigenvalue weighted by molar-refractivity contribution is -0.145. The quantitative estimate of drug-likeness (QED) is 0.481. The summed E-state index contributed by atoms with van der Waals surface area (Å²) in [5, 5.41) is 3.16. The molecule has 1 aromatic heterocycles. The highest BCUT2D eigenvalue weighted by molar-refractivity contribution is 6.29. The van der Waals surface area contributed by atoms with E-state index in [0.29, 0.717) is 23.7 Å². The molecule has 0 radical (unpaired) electrons. The van der Waals surface area contributed by atoms with Gasteiger partial charge in [-0.05, 0) is 24.6 Å². The van der Waals surface area contributed by atoms with E-state index in [-0.39, 0.29) is 24.9 Å². The Morgan fingerprint density at radius 2 is 1.91 bits per heavy atom. The van der Waals surface area contributed by atoms with Crippen molar-refractivity contribution in [2.45, 2.75) is 19.4 Å². The number of nitrogens with one attached hydrogen (secondary N) is 1. The van der Waals surface area contributed by atoms with Crippen LogP contribution in [0.4, 0.5) is 0 Å². The summed E-state index contributed by atoms with van der Waals surface area (Å²) >= 11 is 5.68. The SMILES string of the molecule is O=C(CCCNC(=O)c1ccccc1)OCc1ccc(Cl)nc1. The van der Waals surface area contributed by atoms with E-state index in [1.165, 1.54) is 0 Å². The Hall–Kier alpha value is -2.40. The van der Waals surface area contributed by atoms with Crippen LogP contribution in [0.5, 0.6) is 0 Å². The third kappa shape index (κ3) is 6.08. The molecular formula is C17H17ClN2O3. The van der Waals surface area contributed by atoms with E-state index in [1.807, 2.05) is 6.07 Å². The maximum Gasteiger partial charge on any atom is 0.306 e. The second-order valence-electron chi connectivity index (χ2n) is 4.88. The summed E-state index contributed by atoms with van der Waals surface area (Å²) in [7, 11) is 0. The van der Waals surface area contributed by atoms with Gasteiger partial charge in [-0.1, -0.05) is 35.9 Å². The van der Waals surface area contributed by atoms with Gasteiger partial charge in [0.25, 0.3) is 5.91 Å². The maximum atomic E-state index is 11.8. The number of carbonyl (C=O) groups is 2. The zero-order chi connectivity index (χ0) is 16.5. The van der Waals surface area contributed by atoms with Crippen molar-refractivity contribution >= 4 is 23.5 Å². The lowest BCUT2D eigenvalue weighted by atomic mass is 10.2. The van der Waals surface area contributed by atoms with Crippen LogP contribution in [-0.4, -0.2) is 23.4 Å². The first-order valence-corrected chi connectivity index (χ1v) is 7.62. The van der Waals surface area contributed by atoms with Gasteiger partial charge in [0.05, 0.1) is 0 Å². The van der Waals surface area contributed by atoms with E-state index in [1.54, 1.807) is 42.6 Å². The summed E-state index contributed by atoms with van der Waals surface area (Å²) in [5.41, 5.74) is 1.38. The number of benzene rings is 1. The second kappa shape index (κ2) is 8.90. The third-order valence-corrected chi connectivity index (χ3v) is 3.29. The van der Waals surface area contributed by atoms with Crippen LogP contribution in [0.2, 0.25) is 5.15 Å². The molecular weight excluding hydrogens is 316 g/mol. The molecule has 0 aliphatic carbocycles. The first kappa shape index (κ1) is 17.0. The molecule has 1 N–H and O–H groups in total. The number of amides is 1. The van der Waals surface area contributed by atoms with E-state index < -0.39 is 0 Å². The number of halogens is 1. The average molecular weight is 333 g/mol. The van der Waals surface area contributed by atoms with Crippen molar-refractivity contribution in [1.29, 1.82) is 0 Å². The van der Waals surface area contributed by atoms with Gasteiger partial charge in [-0.2, -0.15) is 0 Å². The van der Waals surface area contributed by atoms with E-state index in [4.69, 9.17) is 16.3 Å². The zero-order valence-corrected chi connectivity index (χ0v) is 13.3. The molecule has 0 aliphatic heterocycles. The number of rotatable bonds is 7. The Kier molecular flexibility index (Phi) is 6.56. The van der Waals surface area contributed by atoms with Crippen LogP contribution in [0.1, 0.15) is 28.8 Å². The van der Waals surface area contributed by atoms with Crippen molar-refractivity contribution in [3.05, 3.63) is 64.9 Å². The van der Waals surface area contributed by atoms with Gasteiger partial charge in [0.2, 0.25) is 0 Å². The van der Waals surface area contributed by atoms with Gasteiger partial charge in [0.15, 0.2) is 0 Å². The summed E-state index contributed by atoms with van der Waals surface area (Å²) in [6.07, 6.45) is 2.34. The van der Waals surface area contributed by atoms with E-state index in [2.05, 4.69) is 10.3 Å². The number of aromatic nitrogens is 1. The van der Waals surface area contributed by atoms with Gasteiger partial charge >= 0.3 is 5.97 Å². The Balaban J connectivity index is 1.61. The van der Waals surface area contributed by atoms with E-state index >= 15 is 0 Å². The molecule has 0 atom stereocenters. The van der Waals surface area contributed by atoms with Crippen LogP contribution in [0.25, 0.3) is 0 Å². The van der Waals surface area contributed by atoms with Gasteiger partial charge < -0.3 is 10.1 Å². The molecule has 0 aliphatic rings. The molecule has 0 spiro atoms. The molecule has 0 saturated heterocycles. The Labute approximate surface area is 139 Å². The second-order valence-corrected chi connectivity index (χ2v) is 5.26. The molecule has 0 bridgehead atoms. The minimum Gasteiger partial charge on any atom is -0.461 e. The number of ether oxygens (including phenoxy) is 1. The number of pyridine rings is 1. The van der Waals surface area contributed by atoms with Crippen molar-refractivity contribution in [1.82, 2.24) is 10.3 Å². The van der Waals surface area contributed by atoms with Crippen molar-refractivity contribution in [3.63, 3.8) is 0 Å². The standard InChI is InChI=1S/C17H17ClN2O3/c18-15-9-8-13(11-20-15)12-23-16(21)7-4-10-19-17(22)14-5-2-1-3-6-14/h1-3,5-6,8-9,11H,4,7,10,12H2,(H,19,22). The fourth-order valence-corrected chi connectivity index (χ4v) is 1.97. The van der Waals surface area contributed by atoms with Gasteiger partial charge in [0.1, 0.15) is 11.8 Å². The van der Waals surface area contributed by atoms with Gasteiger partial charge in [-0.3, -0.25) is 9.59 Å². The highest BCUT2D eigenvalue weighted by Crippen LogP contribution is 2.07. The molecule has 0 saturated carbocycles. The van der Waals surface area contributed by atoms with Crippen LogP contribution in [-0.2, 0) is 16.1 Å². The van der Waals surface area contributed by atoms with Crippen molar-refractivity contribution in [2.75, 3.05) is 6.54 Å². The third-order valence-electron chi connectivity index (χ3n) is 3.07. The highest BCUT2D eigenvalue weighted by Gasteiger charge is 2.06. The number of carbonyl (C=O) groups excluding carboxylic acids is 2. The largest absolute Gasteiger partial charge is 0.461 e. The summed E-state index contributed by atoms with van der Waals surface area (Å²) in [6.45, 7) is 0.588. The molecule has 23 heavy (non-hydrogen) atoms. The van der Waals surface area contributed by atoms with Crippen LogP contribution in [0, 0.1) is 0 Å². The molecule has 1 amide bonds. The number of esters is 1.